The number of aliphatic hydroxyl groups excluding tert-OH is 1. The lowest BCUT2D eigenvalue weighted by molar-refractivity contribution is -0.151. The molecule has 5 atom stereocenters. The van der Waals surface area contributed by atoms with E-state index in [-0.39, 0.29) is 29.8 Å². The van der Waals surface area contributed by atoms with Gasteiger partial charge in [-0.25, -0.2) is 0 Å². The molecule has 0 amide bonds. The van der Waals surface area contributed by atoms with E-state index in [1.54, 1.807) is 0 Å². The van der Waals surface area contributed by atoms with Crippen molar-refractivity contribution in [1.82, 2.24) is 0 Å². The molecule has 96 valence electrons. The van der Waals surface area contributed by atoms with Gasteiger partial charge in [-0.2, -0.15) is 0 Å². The number of aliphatic hydroxyl groups is 1. The van der Waals surface area contributed by atoms with E-state index in [1.165, 1.54) is 0 Å². The van der Waals surface area contributed by atoms with Crippen molar-refractivity contribution in [2.45, 2.75) is 39.2 Å². The first-order valence-corrected chi connectivity index (χ1v) is 6.66. The lowest BCUT2D eigenvalue weighted by Crippen LogP contribution is -2.25. The number of esters is 1. The summed E-state index contributed by atoms with van der Waals surface area (Å²) in [5.41, 5.74) is 0. The van der Waals surface area contributed by atoms with Crippen LogP contribution in [0.4, 0.5) is 0 Å². The number of carbonyl (C=O) groups is 1. The summed E-state index contributed by atoms with van der Waals surface area (Å²) in [6.45, 7) is 4.75. The molecule has 2 bridgehead atoms. The number of fused-ring (bicyclic) bond motifs is 2. The Labute approximate surface area is 103 Å². The van der Waals surface area contributed by atoms with Gasteiger partial charge in [-0.3, -0.25) is 4.79 Å². The van der Waals surface area contributed by atoms with Crippen LogP contribution in [0, 0.1) is 23.7 Å². The van der Waals surface area contributed by atoms with E-state index in [0.29, 0.717) is 12.5 Å². The van der Waals surface area contributed by atoms with Crippen molar-refractivity contribution in [3.63, 3.8) is 0 Å². The molecule has 0 aromatic heterocycles. The van der Waals surface area contributed by atoms with E-state index in [9.17, 15) is 9.90 Å². The number of rotatable bonds is 5. The highest BCUT2D eigenvalue weighted by atomic mass is 16.5. The molecular weight excluding hydrogens is 216 g/mol. The lowest BCUT2D eigenvalue weighted by Gasteiger charge is -2.18. The zero-order valence-corrected chi connectivity index (χ0v) is 10.6. The molecule has 1 N–H and O–H groups in total. The maximum absolute atomic E-state index is 11.9. The van der Waals surface area contributed by atoms with Gasteiger partial charge < -0.3 is 9.84 Å². The standard InChI is InChI=1S/C14H22O3/c1-3-4-9(2)8-17-14(16)12-7-10-5-6-11(12)13(10)15/h5-6,9-13,15H,3-4,7-8H2,1-2H3. The quantitative estimate of drug-likeness (QED) is 0.589. The predicted molar refractivity (Wildman–Crippen MR) is 65.3 cm³/mol. The van der Waals surface area contributed by atoms with Crippen LogP contribution in [0.5, 0.6) is 0 Å². The number of hydrogen-bond acceptors (Lipinski definition) is 3. The van der Waals surface area contributed by atoms with Gasteiger partial charge >= 0.3 is 5.97 Å². The van der Waals surface area contributed by atoms with Crippen molar-refractivity contribution in [2.75, 3.05) is 6.61 Å². The Balaban J connectivity index is 1.80. The molecule has 2 aliphatic rings. The minimum Gasteiger partial charge on any atom is -0.465 e. The highest BCUT2D eigenvalue weighted by Crippen LogP contribution is 2.44. The summed E-state index contributed by atoms with van der Waals surface area (Å²) >= 11 is 0. The Morgan fingerprint density at radius 2 is 2.29 bits per heavy atom. The van der Waals surface area contributed by atoms with Gasteiger partial charge in [0.05, 0.1) is 18.6 Å². The molecule has 3 nitrogen and oxygen atoms in total. The molecule has 2 aliphatic carbocycles. The molecule has 1 fully saturated rings. The van der Waals surface area contributed by atoms with Gasteiger partial charge in [0, 0.05) is 11.8 Å². The molecule has 0 saturated heterocycles. The summed E-state index contributed by atoms with van der Waals surface area (Å²) in [4.78, 5) is 11.9. The summed E-state index contributed by atoms with van der Waals surface area (Å²) in [6, 6.07) is 0. The normalized spacial score (nSPS) is 36.2. The fourth-order valence-corrected chi connectivity index (χ4v) is 2.99. The predicted octanol–water partition coefficient (Wildman–Crippen LogP) is 2.15. The molecule has 0 aromatic carbocycles. The Morgan fingerprint density at radius 3 is 2.82 bits per heavy atom. The van der Waals surface area contributed by atoms with E-state index in [0.717, 1.165) is 19.3 Å². The molecule has 0 spiro atoms. The molecule has 0 aromatic rings. The second kappa shape index (κ2) is 5.21. The fourth-order valence-electron chi connectivity index (χ4n) is 2.99. The minimum absolute atomic E-state index is 0.00557. The lowest BCUT2D eigenvalue weighted by atomic mass is 9.93. The summed E-state index contributed by atoms with van der Waals surface area (Å²) in [5, 5.41) is 9.84. The van der Waals surface area contributed by atoms with Gasteiger partial charge in [-0.05, 0) is 18.8 Å². The number of carbonyl (C=O) groups excluding carboxylic acids is 1. The smallest absolute Gasteiger partial charge is 0.309 e. The molecule has 5 unspecified atom stereocenters. The summed E-state index contributed by atoms with van der Waals surface area (Å²) < 4.78 is 5.36. The molecule has 2 rings (SSSR count). The highest BCUT2D eigenvalue weighted by molar-refractivity contribution is 5.74. The average Bonchev–Trinajstić information content (AvgIpc) is 2.82. The molecule has 17 heavy (non-hydrogen) atoms. The third-order valence-corrected chi connectivity index (χ3v) is 4.00. The van der Waals surface area contributed by atoms with Crippen molar-refractivity contribution in [3.8, 4) is 0 Å². The Kier molecular flexibility index (Phi) is 3.87. The van der Waals surface area contributed by atoms with Crippen LogP contribution in [-0.2, 0) is 9.53 Å². The SMILES string of the molecule is CCCC(C)COC(=O)C1CC2C=CC1C2O. The highest BCUT2D eigenvalue weighted by Gasteiger charge is 2.47. The largest absolute Gasteiger partial charge is 0.465 e. The number of ether oxygens (including phenoxy) is 1. The van der Waals surface area contributed by atoms with Crippen molar-refractivity contribution < 1.29 is 14.6 Å². The first kappa shape index (κ1) is 12.6. The van der Waals surface area contributed by atoms with Crippen molar-refractivity contribution in [2.24, 2.45) is 23.7 Å². The van der Waals surface area contributed by atoms with E-state index in [2.05, 4.69) is 13.8 Å². The van der Waals surface area contributed by atoms with Crippen molar-refractivity contribution in [3.05, 3.63) is 12.2 Å². The van der Waals surface area contributed by atoms with Gasteiger partial charge in [-0.1, -0.05) is 32.4 Å². The van der Waals surface area contributed by atoms with Crippen LogP contribution in [0.2, 0.25) is 0 Å². The van der Waals surface area contributed by atoms with Crippen molar-refractivity contribution in [1.29, 1.82) is 0 Å². The Hall–Kier alpha value is -0.830. The van der Waals surface area contributed by atoms with E-state index in [4.69, 9.17) is 4.74 Å². The van der Waals surface area contributed by atoms with Gasteiger partial charge in [0.15, 0.2) is 0 Å². The Bertz CT molecular complexity index is 311. The molecule has 3 heteroatoms. The number of hydrogen-bond donors (Lipinski definition) is 1. The minimum atomic E-state index is -0.361. The summed E-state index contributed by atoms with van der Waals surface area (Å²) in [7, 11) is 0. The van der Waals surface area contributed by atoms with E-state index < -0.39 is 0 Å². The molecular formula is C14H22O3. The van der Waals surface area contributed by atoms with E-state index in [1.807, 2.05) is 12.2 Å². The summed E-state index contributed by atoms with van der Waals surface area (Å²) in [6.07, 6.45) is 6.60. The maximum Gasteiger partial charge on any atom is 0.309 e. The van der Waals surface area contributed by atoms with Crippen LogP contribution < -0.4 is 0 Å². The van der Waals surface area contributed by atoms with E-state index >= 15 is 0 Å². The first-order valence-electron chi connectivity index (χ1n) is 6.66. The van der Waals surface area contributed by atoms with Crippen LogP contribution >= 0.6 is 0 Å². The van der Waals surface area contributed by atoms with Gasteiger partial charge in [0.25, 0.3) is 0 Å². The molecule has 0 aliphatic heterocycles. The van der Waals surface area contributed by atoms with Gasteiger partial charge in [0.2, 0.25) is 0 Å². The zero-order valence-electron chi connectivity index (χ0n) is 10.6. The third-order valence-electron chi connectivity index (χ3n) is 4.00. The van der Waals surface area contributed by atoms with Crippen molar-refractivity contribution >= 4 is 5.97 Å². The van der Waals surface area contributed by atoms with Gasteiger partial charge in [-0.15, -0.1) is 0 Å². The van der Waals surface area contributed by atoms with Crippen LogP contribution in [0.3, 0.4) is 0 Å². The molecule has 0 heterocycles. The van der Waals surface area contributed by atoms with Gasteiger partial charge in [0.1, 0.15) is 0 Å². The molecule has 1 saturated carbocycles. The second-order valence-corrected chi connectivity index (χ2v) is 5.48. The van der Waals surface area contributed by atoms with Crippen LogP contribution in [0.25, 0.3) is 0 Å². The topological polar surface area (TPSA) is 46.5 Å². The average molecular weight is 238 g/mol. The fraction of sp³-hybridized carbons (Fsp3) is 0.786. The Morgan fingerprint density at radius 1 is 1.53 bits per heavy atom. The third kappa shape index (κ3) is 2.54. The first-order chi connectivity index (χ1) is 8.13. The van der Waals surface area contributed by atoms with Crippen LogP contribution in [0.1, 0.15) is 33.1 Å². The second-order valence-electron chi connectivity index (χ2n) is 5.48. The summed E-state index contributed by atoms with van der Waals surface area (Å²) in [5.74, 6) is 0.361. The van der Waals surface area contributed by atoms with Crippen LogP contribution in [0.15, 0.2) is 12.2 Å². The van der Waals surface area contributed by atoms with Crippen LogP contribution in [-0.4, -0.2) is 23.8 Å². The monoisotopic (exact) mass is 238 g/mol. The zero-order chi connectivity index (χ0) is 12.4. The maximum atomic E-state index is 11.9. The molecule has 0 radical (unpaired) electrons.